The number of Topliss-reactive ketones (excluding diaryl/α,β-unsaturated/α-hetero) is 1. The molecule has 0 spiro atoms. The quantitative estimate of drug-likeness (QED) is 0.279. The molecule has 4 aromatic rings. The second kappa shape index (κ2) is 7.77. The number of para-hydroxylation sites is 1. The molecular formula is C25H20N2O5. The van der Waals surface area contributed by atoms with Crippen LogP contribution in [0.15, 0.2) is 83.1 Å². The van der Waals surface area contributed by atoms with E-state index in [0.717, 1.165) is 16.5 Å². The molecule has 3 heterocycles. The first-order chi connectivity index (χ1) is 15.6. The molecule has 0 radical (unpaired) electrons. The van der Waals surface area contributed by atoms with E-state index in [0.29, 0.717) is 17.1 Å². The standard InChI is InChI=1S/C25H20N2O5/c1-31-16-7-4-6-15(12-16)23(28)21-22(19-13-26-20-10-3-2-9-18(19)20)27(25(30)24(21)29)14-17-8-5-11-32-17/h2-13,22,26,28H,14H2,1H3/b23-21+. The van der Waals surface area contributed by atoms with E-state index in [1.54, 1.807) is 42.6 Å². The summed E-state index contributed by atoms with van der Waals surface area (Å²) in [5.74, 6) is -0.617. The Kier molecular flexibility index (Phi) is 4.78. The molecule has 32 heavy (non-hydrogen) atoms. The number of aliphatic hydroxyl groups is 1. The van der Waals surface area contributed by atoms with Crippen molar-refractivity contribution in [3.63, 3.8) is 0 Å². The lowest BCUT2D eigenvalue weighted by Gasteiger charge is -2.24. The average molecular weight is 428 g/mol. The van der Waals surface area contributed by atoms with E-state index in [-0.39, 0.29) is 17.9 Å². The molecule has 0 aliphatic carbocycles. The number of aromatic amines is 1. The van der Waals surface area contributed by atoms with Crippen molar-refractivity contribution in [2.45, 2.75) is 12.6 Å². The van der Waals surface area contributed by atoms with Gasteiger partial charge in [0.05, 0.1) is 31.5 Å². The van der Waals surface area contributed by atoms with Crippen molar-refractivity contribution in [2.24, 2.45) is 0 Å². The fraction of sp³-hybridized carbons (Fsp3) is 0.120. The maximum Gasteiger partial charge on any atom is 0.296 e. The Morgan fingerprint density at radius 3 is 2.75 bits per heavy atom. The number of ketones is 1. The third-order valence-electron chi connectivity index (χ3n) is 5.71. The van der Waals surface area contributed by atoms with Crippen molar-refractivity contribution >= 4 is 28.4 Å². The second-order valence-corrected chi connectivity index (χ2v) is 7.53. The SMILES string of the molecule is COc1cccc(/C(O)=C2\C(=O)C(=O)N(Cc3ccco3)C2c2c[nH]c3ccccc23)c1. The van der Waals surface area contributed by atoms with Gasteiger partial charge in [-0.3, -0.25) is 9.59 Å². The number of nitrogens with zero attached hydrogens (tertiary/aromatic N) is 1. The van der Waals surface area contributed by atoms with Crippen LogP contribution in [0.5, 0.6) is 5.75 Å². The molecule has 7 nitrogen and oxygen atoms in total. The molecule has 1 fully saturated rings. The van der Waals surface area contributed by atoms with Gasteiger partial charge in [0.25, 0.3) is 11.7 Å². The number of carbonyl (C=O) groups excluding carboxylic acids is 2. The summed E-state index contributed by atoms with van der Waals surface area (Å²) in [6, 6.07) is 17.1. The summed E-state index contributed by atoms with van der Waals surface area (Å²) < 4.78 is 10.7. The third kappa shape index (κ3) is 3.15. The second-order valence-electron chi connectivity index (χ2n) is 7.53. The number of hydrogen-bond donors (Lipinski definition) is 2. The highest BCUT2D eigenvalue weighted by atomic mass is 16.5. The van der Waals surface area contributed by atoms with Crippen LogP contribution >= 0.6 is 0 Å². The van der Waals surface area contributed by atoms with Gasteiger partial charge in [-0.2, -0.15) is 0 Å². The Morgan fingerprint density at radius 1 is 1.12 bits per heavy atom. The van der Waals surface area contributed by atoms with Crippen molar-refractivity contribution in [3.8, 4) is 5.75 Å². The van der Waals surface area contributed by atoms with E-state index < -0.39 is 17.7 Å². The van der Waals surface area contributed by atoms with Crippen molar-refractivity contribution in [1.82, 2.24) is 9.88 Å². The predicted molar refractivity (Wildman–Crippen MR) is 118 cm³/mol. The first-order valence-electron chi connectivity index (χ1n) is 10.1. The van der Waals surface area contributed by atoms with Crippen LogP contribution < -0.4 is 4.74 Å². The van der Waals surface area contributed by atoms with Gasteiger partial charge < -0.3 is 24.1 Å². The van der Waals surface area contributed by atoms with Gasteiger partial charge in [0.1, 0.15) is 17.3 Å². The molecule has 1 aliphatic rings. The molecule has 1 atom stereocenters. The lowest BCUT2D eigenvalue weighted by molar-refractivity contribution is -0.140. The number of hydrogen-bond acceptors (Lipinski definition) is 5. The van der Waals surface area contributed by atoms with Crippen LogP contribution in [-0.2, 0) is 16.1 Å². The molecule has 1 amide bonds. The van der Waals surface area contributed by atoms with Crippen LogP contribution in [0.25, 0.3) is 16.7 Å². The van der Waals surface area contributed by atoms with Crippen LogP contribution in [0, 0.1) is 0 Å². The minimum Gasteiger partial charge on any atom is -0.507 e. The number of H-pyrrole nitrogens is 1. The van der Waals surface area contributed by atoms with Crippen molar-refractivity contribution in [2.75, 3.05) is 7.11 Å². The summed E-state index contributed by atoms with van der Waals surface area (Å²) in [5.41, 5.74) is 2.01. The Hall–Kier alpha value is -4.26. The number of furan rings is 1. The molecule has 2 aromatic carbocycles. The summed E-state index contributed by atoms with van der Waals surface area (Å²) >= 11 is 0. The van der Waals surface area contributed by atoms with Gasteiger partial charge >= 0.3 is 0 Å². The van der Waals surface area contributed by atoms with E-state index in [1.807, 2.05) is 24.3 Å². The van der Waals surface area contributed by atoms with E-state index in [1.165, 1.54) is 18.3 Å². The zero-order valence-corrected chi connectivity index (χ0v) is 17.2. The number of aromatic nitrogens is 1. The van der Waals surface area contributed by atoms with Crippen LogP contribution in [0.1, 0.15) is 22.9 Å². The number of carbonyl (C=O) groups is 2. The topological polar surface area (TPSA) is 95.8 Å². The summed E-state index contributed by atoms with van der Waals surface area (Å²) in [6.07, 6.45) is 3.29. The predicted octanol–water partition coefficient (Wildman–Crippen LogP) is 4.39. The average Bonchev–Trinajstić information content (AvgIpc) is 3.54. The Bertz CT molecular complexity index is 1350. The van der Waals surface area contributed by atoms with Gasteiger partial charge in [-0.15, -0.1) is 0 Å². The molecule has 2 aromatic heterocycles. The van der Waals surface area contributed by atoms with E-state index in [2.05, 4.69) is 4.98 Å². The fourth-order valence-corrected chi connectivity index (χ4v) is 4.18. The number of likely N-dealkylation sites (tertiary alicyclic amines) is 1. The van der Waals surface area contributed by atoms with Gasteiger partial charge in [0.2, 0.25) is 0 Å². The summed E-state index contributed by atoms with van der Waals surface area (Å²) in [6.45, 7) is 0.0939. The molecule has 0 bridgehead atoms. The monoisotopic (exact) mass is 428 g/mol. The van der Waals surface area contributed by atoms with E-state index >= 15 is 0 Å². The van der Waals surface area contributed by atoms with Gasteiger partial charge in [0, 0.05) is 28.2 Å². The van der Waals surface area contributed by atoms with Crippen molar-refractivity contribution in [1.29, 1.82) is 0 Å². The van der Waals surface area contributed by atoms with Crippen LogP contribution in [0.4, 0.5) is 0 Å². The molecule has 1 unspecified atom stereocenters. The number of rotatable bonds is 5. The highest BCUT2D eigenvalue weighted by Gasteiger charge is 2.47. The lowest BCUT2D eigenvalue weighted by Crippen LogP contribution is -2.29. The number of fused-ring (bicyclic) bond motifs is 1. The molecule has 1 aliphatic heterocycles. The minimum absolute atomic E-state index is 0.0274. The molecule has 5 rings (SSSR count). The zero-order valence-electron chi connectivity index (χ0n) is 17.2. The maximum atomic E-state index is 13.2. The highest BCUT2D eigenvalue weighted by Crippen LogP contribution is 2.42. The van der Waals surface area contributed by atoms with Crippen molar-refractivity contribution < 1.29 is 23.8 Å². The van der Waals surface area contributed by atoms with Gasteiger partial charge in [-0.1, -0.05) is 30.3 Å². The zero-order chi connectivity index (χ0) is 22.2. The number of benzene rings is 2. The molecule has 7 heteroatoms. The number of methoxy groups -OCH3 is 1. The number of amides is 1. The minimum atomic E-state index is -0.789. The summed E-state index contributed by atoms with van der Waals surface area (Å²) in [5, 5.41) is 12.1. The highest BCUT2D eigenvalue weighted by molar-refractivity contribution is 6.46. The van der Waals surface area contributed by atoms with Crippen LogP contribution in [0.2, 0.25) is 0 Å². The summed E-state index contributed by atoms with van der Waals surface area (Å²) in [7, 11) is 1.52. The van der Waals surface area contributed by atoms with E-state index in [4.69, 9.17) is 9.15 Å². The Balaban J connectivity index is 1.71. The summed E-state index contributed by atoms with van der Waals surface area (Å²) in [4.78, 5) is 30.9. The fourth-order valence-electron chi connectivity index (χ4n) is 4.18. The third-order valence-corrected chi connectivity index (χ3v) is 5.71. The maximum absolute atomic E-state index is 13.2. The molecule has 160 valence electrons. The molecule has 0 saturated carbocycles. The normalized spacial score (nSPS) is 17.9. The molecule has 2 N–H and O–H groups in total. The largest absolute Gasteiger partial charge is 0.507 e. The van der Waals surface area contributed by atoms with Gasteiger partial charge in [-0.05, 0) is 30.3 Å². The lowest BCUT2D eigenvalue weighted by atomic mass is 9.95. The van der Waals surface area contributed by atoms with Crippen LogP contribution in [-0.4, -0.2) is 33.8 Å². The number of nitrogens with one attached hydrogen (secondary N) is 1. The number of aliphatic hydroxyl groups excluding tert-OH is 1. The van der Waals surface area contributed by atoms with E-state index in [9.17, 15) is 14.7 Å². The first-order valence-corrected chi connectivity index (χ1v) is 10.1. The van der Waals surface area contributed by atoms with Gasteiger partial charge in [-0.25, -0.2) is 0 Å². The number of ether oxygens (including phenoxy) is 1. The Labute approximate surface area is 183 Å². The Morgan fingerprint density at radius 2 is 1.97 bits per heavy atom. The molecular weight excluding hydrogens is 408 g/mol. The van der Waals surface area contributed by atoms with Crippen LogP contribution in [0.3, 0.4) is 0 Å². The van der Waals surface area contributed by atoms with Gasteiger partial charge in [0.15, 0.2) is 0 Å². The van der Waals surface area contributed by atoms with Crippen molar-refractivity contribution in [3.05, 3.63) is 95.6 Å². The first kappa shape index (κ1) is 19.7. The molecule has 1 saturated heterocycles. The smallest absolute Gasteiger partial charge is 0.296 e.